The van der Waals surface area contributed by atoms with E-state index in [2.05, 4.69) is 25.4 Å². The lowest BCUT2D eigenvalue weighted by Gasteiger charge is -2.10. The van der Waals surface area contributed by atoms with E-state index in [4.69, 9.17) is 0 Å². The van der Waals surface area contributed by atoms with Gasteiger partial charge < -0.3 is 4.74 Å². The van der Waals surface area contributed by atoms with Crippen molar-refractivity contribution in [2.45, 2.75) is 24.1 Å². The molecule has 0 saturated carbocycles. The topological polar surface area (TPSA) is 72.5 Å². The maximum atomic E-state index is 11.9. The smallest absolute Gasteiger partial charge is 0.323 e. The zero-order chi connectivity index (χ0) is 13.2. The fraction of sp³-hybridized carbons (Fsp3) is 0.444. The number of carbonyl (C=O) groups excluding carboxylic acids is 1. The fourth-order valence-corrected chi connectivity index (χ4v) is 4.51. The van der Waals surface area contributed by atoms with Crippen LogP contribution in [0.1, 0.15) is 12.5 Å². The number of nitrogens with one attached hydrogen (secondary N) is 1. The molecule has 8 heteroatoms. The van der Waals surface area contributed by atoms with Crippen LogP contribution in [0.4, 0.5) is 0 Å². The molecule has 0 fully saturated rings. The Labute approximate surface area is 112 Å². The summed E-state index contributed by atoms with van der Waals surface area (Å²) in [4.78, 5) is 11.1. The number of hydrogen-bond donors (Lipinski definition) is 1. The van der Waals surface area contributed by atoms with E-state index in [1.807, 2.05) is 0 Å². The summed E-state index contributed by atoms with van der Waals surface area (Å²) >= 11 is 4.35. The van der Waals surface area contributed by atoms with E-state index in [1.165, 1.54) is 14.0 Å². The Morgan fingerprint density at radius 3 is 2.59 bits per heavy atom. The van der Waals surface area contributed by atoms with Crippen LogP contribution in [-0.2, 0) is 19.6 Å². The number of rotatable bonds is 4. The van der Waals surface area contributed by atoms with Gasteiger partial charge in [-0.05, 0) is 41.4 Å². The molecule has 0 bridgehead atoms. The van der Waals surface area contributed by atoms with E-state index in [-0.39, 0.29) is 4.21 Å². The van der Waals surface area contributed by atoms with Gasteiger partial charge in [0, 0.05) is 0 Å². The molecule has 1 unspecified atom stereocenters. The van der Waals surface area contributed by atoms with Crippen LogP contribution in [0.25, 0.3) is 0 Å². The summed E-state index contributed by atoms with van der Waals surface area (Å²) in [6.45, 7) is 3.22. The number of esters is 1. The molecule has 0 aliphatic rings. The average Bonchev–Trinajstić information content (AvgIpc) is 2.58. The molecule has 0 aromatic carbocycles. The highest BCUT2D eigenvalue weighted by Crippen LogP contribution is 2.30. The van der Waals surface area contributed by atoms with Gasteiger partial charge in [-0.3, -0.25) is 4.79 Å². The second-order valence-electron chi connectivity index (χ2n) is 3.39. The minimum absolute atomic E-state index is 0.164. The van der Waals surface area contributed by atoms with Gasteiger partial charge >= 0.3 is 5.97 Å². The minimum Gasteiger partial charge on any atom is -0.468 e. The lowest BCUT2D eigenvalue weighted by Crippen LogP contribution is -2.38. The van der Waals surface area contributed by atoms with E-state index >= 15 is 0 Å². The molecule has 1 N–H and O–H groups in total. The van der Waals surface area contributed by atoms with Gasteiger partial charge in [-0.2, -0.15) is 4.72 Å². The average molecular weight is 342 g/mol. The Hall–Kier alpha value is -0.440. The molecule has 17 heavy (non-hydrogen) atoms. The van der Waals surface area contributed by atoms with Crippen molar-refractivity contribution in [3.05, 3.63) is 15.4 Å². The molecule has 0 aliphatic carbocycles. The molecule has 1 aromatic heterocycles. The zero-order valence-electron chi connectivity index (χ0n) is 9.48. The maximum absolute atomic E-state index is 11.9. The first kappa shape index (κ1) is 14.6. The van der Waals surface area contributed by atoms with Crippen molar-refractivity contribution in [2.24, 2.45) is 0 Å². The van der Waals surface area contributed by atoms with Crippen molar-refractivity contribution in [1.82, 2.24) is 4.72 Å². The van der Waals surface area contributed by atoms with Crippen molar-refractivity contribution < 1.29 is 17.9 Å². The highest BCUT2D eigenvalue weighted by molar-refractivity contribution is 9.11. The lowest BCUT2D eigenvalue weighted by molar-refractivity contribution is -0.142. The number of methoxy groups -OCH3 is 1. The first-order chi connectivity index (χ1) is 7.77. The number of thiophene rings is 1. The molecule has 1 heterocycles. The predicted octanol–water partition coefficient (Wildman–Crippen LogP) is 1.66. The second-order valence-corrected chi connectivity index (χ2v) is 7.70. The van der Waals surface area contributed by atoms with Crippen molar-refractivity contribution in [3.8, 4) is 0 Å². The molecule has 0 spiro atoms. The summed E-state index contributed by atoms with van der Waals surface area (Å²) < 4.78 is 31.4. The monoisotopic (exact) mass is 341 g/mol. The molecule has 1 atom stereocenters. The third-order valence-corrected chi connectivity index (χ3v) is 6.14. The van der Waals surface area contributed by atoms with Crippen molar-refractivity contribution in [3.63, 3.8) is 0 Å². The van der Waals surface area contributed by atoms with Crippen LogP contribution in [0.15, 0.2) is 14.1 Å². The summed E-state index contributed by atoms with van der Waals surface area (Å²) in [6, 6.07) is 0.632. The first-order valence-corrected chi connectivity index (χ1v) is 7.73. The van der Waals surface area contributed by atoms with Crippen molar-refractivity contribution in [2.75, 3.05) is 7.11 Å². The quantitative estimate of drug-likeness (QED) is 0.845. The molecule has 0 amide bonds. The maximum Gasteiger partial charge on any atom is 0.323 e. The second kappa shape index (κ2) is 5.47. The standard InChI is InChI=1S/C9H12BrNO4S2/c1-5-4-7(16-8(5)10)17(13,14)11-6(2)9(12)15-3/h4,6,11H,1-3H3. The summed E-state index contributed by atoms with van der Waals surface area (Å²) in [7, 11) is -2.47. The zero-order valence-corrected chi connectivity index (χ0v) is 12.7. The van der Waals surface area contributed by atoms with Gasteiger partial charge in [0.1, 0.15) is 10.3 Å². The lowest BCUT2D eigenvalue weighted by atomic mass is 10.4. The van der Waals surface area contributed by atoms with Gasteiger partial charge in [-0.1, -0.05) is 0 Å². The van der Waals surface area contributed by atoms with E-state index < -0.39 is 22.0 Å². The van der Waals surface area contributed by atoms with Crippen molar-refractivity contribution in [1.29, 1.82) is 0 Å². The molecule has 0 saturated heterocycles. The summed E-state index contributed by atoms with van der Waals surface area (Å²) in [5.74, 6) is -0.624. The van der Waals surface area contributed by atoms with Gasteiger partial charge in [-0.25, -0.2) is 8.42 Å². The van der Waals surface area contributed by atoms with E-state index in [0.717, 1.165) is 20.7 Å². The number of carbonyl (C=O) groups is 1. The predicted molar refractivity (Wildman–Crippen MR) is 68.6 cm³/mol. The number of ether oxygens (including phenoxy) is 1. The molecule has 0 radical (unpaired) electrons. The molecule has 5 nitrogen and oxygen atoms in total. The Morgan fingerprint density at radius 1 is 1.59 bits per heavy atom. The van der Waals surface area contributed by atoms with Gasteiger partial charge in [0.2, 0.25) is 0 Å². The van der Waals surface area contributed by atoms with E-state index in [0.29, 0.717) is 0 Å². The number of hydrogen-bond acceptors (Lipinski definition) is 5. The Bertz CT molecular complexity index is 504. The fourth-order valence-electron chi connectivity index (χ4n) is 1.08. The van der Waals surface area contributed by atoms with Gasteiger partial charge in [0.25, 0.3) is 10.0 Å². The Morgan fingerprint density at radius 2 is 2.18 bits per heavy atom. The molecule has 1 rings (SSSR count). The summed E-state index contributed by atoms with van der Waals surface area (Å²) in [5.41, 5.74) is 0.834. The van der Waals surface area contributed by atoms with Crippen LogP contribution < -0.4 is 4.72 Å². The molecule has 1 aromatic rings. The van der Waals surface area contributed by atoms with Gasteiger partial charge in [0.05, 0.1) is 10.9 Å². The normalized spacial score (nSPS) is 13.4. The number of halogens is 1. The van der Waals surface area contributed by atoms with Crippen LogP contribution in [-0.4, -0.2) is 27.5 Å². The van der Waals surface area contributed by atoms with E-state index in [1.54, 1.807) is 13.0 Å². The molecular weight excluding hydrogens is 330 g/mol. The molecular formula is C9H12BrNO4S2. The van der Waals surface area contributed by atoms with Crippen LogP contribution >= 0.6 is 27.3 Å². The van der Waals surface area contributed by atoms with E-state index in [9.17, 15) is 13.2 Å². The van der Waals surface area contributed by atoms with Crippen LogP contribution in [0.5, 0.6) is 0 Å². The number of aryl methyl sites for hydroxylation is 1. The minimum atomic E-state index is -3.68. The largest absolute Gasteiger partial charge is 0.468 e. The third-order valence-electron chi connectivity index (χ3n) is 1.99. The SMILES string of the molecule is COC(=O)C(C)NS(=O)(=O)c1cc(C)c(Br)s1. The van der Waals surface area contributed by atoms with Crippen LogP contribution in [0.2, 0.25) is 0 Å². The first-order valence-electron chi connectivity index (χ1n) is 4.64. The Kier molecular flexibility index (Phi) is 4.70. The summed E-state index contributed by atoms with van der Waals surface area (Å²) in [5, 5.41) is 0. The molecule has 0 aliphatic heterocycles. The Balaban J connectivity index is 2.93. The molecule has 96 valence electrons. The van der Waals surface area contributed by atoms with Crippen LogP contribution in [0, 0.1) is 6.92 Å². The van der Waals surface area contributed by atoms with Gasteiger partial charge in [0.15, 0.2) is 0 Å². The van der Waals surface area contributed by atoms with Gasteiger partial charge in [-0.15, -0.1) is 11.3 Å². The van der Waals surface area contributed by atoms with Crippen molar-refractivity contribution >= 4 is 43.3 Å². The third kappa shape index (κ3) is 3.51. The number of sulfonamides is 1. The highest BCUT2D eigenvalue weighted by atomic mass is 79.9. The summed E-state index contributed by atoms with van der Waals surface area (Å²) in [6.07, 6.45) is 0. The highest BCUT2D eigenvalue weighted by Gasteiger charge is 2.24. The van der Waals surface area contributed by atoms with Crippen LogP contribution in [0.3, 0.4) is 0 Å².